The fourth-order valence-electron chi connectivity index (χ4n) is 1.27. The van der Waals surface area contributed by atoms with Gasteiger partial charge < -0.3 is 10.0 Å². The molecule has 1 N–H and O–H groups in total. The number of carbonyl (C=O) groups is 2. The smallest absolute Gasteiger partial charge is 0.335 e. The molecule has 0 saturated carbocycles. The molecule has 0 atom stereocenters. The van der Waals surface area contributed by atoms with Crippen LogP contribution in [-0.2, 0) is 0 Å². The van der Waals surface area contributed by atoms with Crippen LogP contribution in [0.5, 0.6) is 0 Å². The van der Waals surface area contributed by atoms with E-state index in [1.54, 1.807) is 18.0 Å². The zero-order chi connectivity index (χ0) is 13.2. The van der Waals surface area contributed by atoms with E-state index in [0.717, 1.165) is 0 Å². The molecule has 0 radical (unpaired) electrons. The molecule has 0 heterocycles. The highest BCUT2D eigenvalue weighted by molar-refractivity contribution is 9.10. The lowest BCUT2D eigenvalue weighted by atomic mass is 10.1. The van der Waals surface area contributed by atoms with Crippen LogP contribution in [0.25, 0.3) is 0 Å². The Balaban J connectivity index is 3.14. The standard InChI is InChI=1S/C12H14BrNO3/c1-7(2)14(3)11(15)8-4-9(12(16)17)6-10(13)5-8/h4-7H,1-3H3,(H,16,17). The van der Waals surface area contributed by atoms with Gasteiger partial charge in [-0.2, -0.15) is 0 Å². The average Bonchev–Trinajstić information content (AvgIpc) is 2.25. The number of carboxylic acid groups (broad SMARTS) is 1. The Morgan fingerprint density at radius 2 is 1.76 bits per heavy atom. The van der Waals surface area contributed by atoms with Gasteiger partial charge >= 0.3 is 5.97 Å². The van der Waals surface area contributed by atoms with Crippen LogP contribution in [0.3, 0.4) is 0 Å². The first-order chi connectivity index (χ1) is 7.82. The van der Waals surface area contributed by atoms with Gasteiger partial charge in [0, 0.05) is 23.1 Å². The van der Waals surface area contributed by atoms with E-state index >= 15 is 0 Å². The van der Waals surface area contributed by atoms with Crippen LogP contribution in [0.1, 0.15) is 34.6 Å². The fourth-order valence-corrected chi connectivity index (χ4v) is 1.77. The maximum absolute atomic E-state index is 12.0. The van der Waals surface area contributed by atoms with E-state index in [2.05, 4.69) is 15.9 Å². The summed E-state index contributed by atoms with van der Waals surface area (Å²) < 4.78 is 0.581. The number of nitrogens with zero attached hydrogens (tertiary/aromatic N) is 1. The molecule has 0 spiro atoms. The minimum atomic E-state index is -1.05. The average molecular weight is 300 g/mol. The number of amides is 1. The molecule has 92 valence electrons. The van der Waals surface area contributed by atoms with Gasteiger partial charge in [0.1, 0.15) is 0 Å². The molecule has 17 heavy (non-hydrogen) atoms. The van der Waals surface area contributed by atoms with Gasteiger partial charge in [-0.05, 0) is 32.0 Å². The zero-order valence-corrected chi connectivity index (χ0v) is 11.5. The van der Waals surface area contributed by atoms with Crippen LogP contribution < -0.4 is 0 Å². The van der Waals surface area contributed by atoms with Gasteiger partial charge in [-0.3, -0.25) is 4.79 Å². The van der Waals surface area contributed by atoms with Gasteiger partial charge in [0.15, 0.2) is 0 Å². The van der Waals surface area contributed by atoms with Crippen LogP contribution in [-0.4, -0.2) is 35.0 Å². The number of carboxylic acids is 1. The summed E-state index contributed by atoms with van der Waals surface area (Å²) in [7, 11) is 1.69. The highest BCUT2D eigenvalue weighted by atomic mass is 79.9. The van der Waals surface area contributed by atoms with E-state index in [1.165, 1.54) is 12.1 Å². The van der Waals surface area contributed by atoms with Crippen LogP contribution in [0.4, 0.5) is 0 Å². The molecule has 0 aliphatic heterocycles. The van der Waals surface area contributed by atoms with Crippen molar-refractivity contribution in [3.63, 3.8) is 0 Å². The Kier molecular flexibility index (Phi) is 4.28. The van der Waals surface area contributed by atoms with Gasteiger partial charge in [-0.25, -0.2) is 4.79 Å². The molecule has 5 heteroatoms. The summed E-state index contributed by atoms with van der Waals surface area (Å²) >= 11 is 3.20. The van der Waals surface area contributed by atoms with Crippen LogP contribution in [0, 0.1) is 0 Å². The maximum Gasteiger partial charge on any atom is 0.335 e. The summed E-state index contributed by atoms with van der Waals surface area (Å²) in [5.41, 5.74) is 0.466. The Bertz CT molecular complexity index is 457. The molecule has 0 aromatic heterocycles. The van der Waals surface area contributed by atoms with E-state index in [9.17, 15) is 9.59 Å². The van der Waals surface area contributed by atoms with E-state index in [0.29, 0.717) is 10.0 Å². The summed E-state index contributed by atoms with van der Waals surface area (Å²) in [5.74, 6) is -1.24. The summed E-state index contributed by atoms with van der Waals surface area (Å²) in [6.07, 6.45) is 0. The molecule has 1 aromatic rings. The Labute approximate surface area is 108 Å². The second kappa shape index (κ2) is 5.31. The van der Waals surface area contributed by atoms with E-state index in [4.69, 9.17) is 5.11 Å². The highest BCUT2D eigenvalue weighted by Crippen LogP contribution is 2.17. The van der Waals surface area contributed by atoms with Crippen molar-refractivity contribution in [2.24, 2.45) is 0 Å². The second-order valence-electron chi connectivity index (χ2n) is 4.04. The summed E-state index contributed by atoms with van der Waals surface area (Å²) in [6, 6.07) is 4.53. The molecule has 0 saturated heterocycles. The molecule has 0 fully saturated rings. The van der Waals surface area contributed by atoms with Gasteiger partial charge in [0.2, 0.25) is 0 Å². The Morgan fingerprint density at radius 1 is 1.24 bits per heavy atom. The minimum absolute atomic E-state index is 0.0646. The van der Waals surface area contributed by atoms with Gasteiger partial charge in [-0.15, -0.1) is 0 Å². The lowest BCUT2D eigenvalue weighted by Gasteiger charge is -2.21. The third-order valence-corrected chi connectivity index (χ3v) is 2.94. The zero-order valence-electron chi connectivity index (χ0n) is 9.90. The van der Waals surface area contributed by atoms with Crippen LogP contribution in [0.2, 0.25) is 0 Å². The highest BCUT2D eigenvalue weighted by Gasteiger charge is 2.16. The predicted octanol–water partition coefficient (Wildman–Crippen LogP) is 2.63. The van der Waals surface area contributed by atoms with Crippen molar-refractivity contribution in [3.05, 3.63) is 33.8 Å². The van der Waals surface area contributed by atoms with Gasteiger partial charge in [0.05, 0.1) is 5.56 Å². The molecule has 4 nitrogen and oxygen atoms in total. The van der Waals surface area contributed by atoms with Crippen molar-refractivity contribution < 1.29 is 14.7 Å². The molecule has 0 aliphatic rings. The fraction of sp³-hybridized carbons (Fsp3) is 0.333. The predicted molar refractivity (Wildman–Crippen MR) is 68.3 cm³/mol. The van der Waals surface area contributed by atoms with Gasteiger partial charge in [0.25, 0.3) is 5.91 Å². The number of hydrogen-bond donors (Lipinski definition) is 1. The van der Waals surface area contributed by atoms with Crippen molar-refractivity contribution in [2.45, 2.75) is 19.9 Å². The SMILES string of the molecule is CC(C)N(C)C(=O)c1cc(Br)cc(C(=O)O)c1. The molecule has 0 unspecified atom stereocenters. The summed E-state index contributed by atoms with van der Waals surface area (Å²) in [6.45, 7) is 3.79. The number of halogens is 1. The van der Waals surface area contributed by atoms with Gasteiger partial charge in [-0.1, -0.05) is 15.9 Å². The van der Waals surface area contributed by atoms with Crippen LogP contribution >= 0.6 is 15.9 Å². The Morgan fingerprint density at radius 3 is 2.24 bits per heavy atom. The monoisotopic (exact) mass is 299 g/mol. The molecule has 1 rings (SSSR count). The molecule has 0 bridgehead atoms. The number of aromatic carboxylic acids is 1. The molecular weight excluding hydrogens is 286 g/mol. The van der Waals surface area contributed by atoms with Crippen molar-refractivity contribution >= 4 is 27.8 Å². The van der Waals surface area contributed by atoms with E-state index in [1.807, 2.05) is 13.8 Å². The number of rotatable bonds is 3. The summed E-state index contributed by atoms with van der Waals surface area (Å²) in [4.78, 5) is 24.5. The molecule has 1 aromatic carbocycles. The number of benzene rings is 1. The molecule has 0 aliphatic carbocycles. The minimum Gasteiger partial charge on any atom is -0.478 e. The topological polar surface area (TPSA) is 57.6 Å². The third-order valence-electron chi connectivity index (χ3n) is 2.49. The first-order valence-corrected chi connectivity index (χ1v) is 5.93. The number of carbonyl (C=O) groups excluding carboxylic acids is 1. The largest absolute Gasteiger partial charge is 0.478 e. The van der Waals surface area contributed by atoms with E-state index in [-0.39, 0.29) is 17.5 Å². The normalized spacial score (nSPS) is 10.4. The lowest BCUT2D eigenvalue weighted by Crippen LogP contribution is -2.33. The lowest BCUT2D eigenvalue weighted by molar-refractivity contribution is 0.0697. The third kappa shape index (κ3) is 3.30. The first-order valence-electron chi connectivity index (χ1n) is 5.14. The maximum atomic E-state index is 12.0. The van der Waals surface area contributed by atoms with Crippen molar-refractivity contribution in [1.29, 1.82) is 0 Å². The Hall–Kier alpha value is -1.36. The first kappa shape index (κ1) is 13.7. The second-order valence-corrected chi connectivity index (χ2v) is 4.96. The van der Waals surface area contributed by atoms with Crippen molar-refractivity contribution in [2.75, 3.05) is 7.05 Å². The number of hydrogen-bond acceptors (Lipinski definition) is 2. The van der Waals surface area contributed by atoms with E-state index < -0.39 is 5.97 Å². The quantitative estimate of drug-likeness (QED) is 0.933. The van der Waals surface area contributed by atoms with Crippen molar-refractivity contribution in [1.82, 2.24) is 4.90 Å². The molecular formula is C12H14BrNO3. The van der Waals surface area contributed by atoms with Crippen molar-refractivity contribution in [3.8, 4) is 0 Å². The molecule has 1 amide bonds. The summed E-state index contributed by atoms with van der Waals surface area (Å²) in [5, 5.41) is 8.92. The van der Waals surface area contributed by atoms with Crippen LogP contribution in [0.15, 0.2) is 22.7 Å².